The van der Waals surface area contributed by atoms with Gasteiger partial charge in [0, 0.05) is 56.8 Å². The fraction of sp³-hybridized carbons (Fsp3) is 0.781. The number of fused-ring (bicyclic) bond motifs is 2. The molecule has 6 aliphatic rings. The second-order valence-corrected chi connectivity index (χ2v) is 13.7. The predicted molar refractivity (Wildman–Crippen MR) is 152 cm³/mol. The van der Waals surface area contributed by atoms with Gasteiger partial charge in [0.2, 0.25) is 5.91 Å². The first-order valence-corrected chi connectivity index (χ1v) is 15.8. The Balaban J connectivity index is 1.35. The number of likely N-dealkylation sites (tertiary alicyclic amines) is 1. The highest BCUT2D eigenvalue weighted by Crippen LogP contribution is 2.59. The molecule has 1 spiro atoms. The Morgan fingerprint density at radius 3 is 2.76 bits per heavy atom. The summed E-state index contributed by atoms with van der Waals surface area (Å²) in [6.07, 6.45) is 12.4. The van der Waals surface area contributed by atoms with E-state index in [0.717, 1.165) is 38.8 Å². The SMILES string of the molecule is CC=C(C)C(=O)O[C@@]1(C)CC=C[C@H](C2CC(N)NCC2CC(=O)N2CCC2)[C@@]12CC1CC3CCC(=O)OC3CC1O2. The van der Waals surface area contributed by atoms with Gasteiger partial charge in [-0.15, -0.1) is 0 Å². The molecule has 0 radical (unpaired) electrons. The molecule has 9 heteroatoms. The van der Waals surface area contributed by atoms with Crippen molar-refractivity contribution in [3.8, 4) is 0 Å². The smallest absolute Gasteiger partial charge is 0.334 e. The lowest BCUT2D eigenvalue weighted by atomic mass is 9.58. The Kier molecular flexibility index (Phi) is 7.83. The van der Waals surface area contributed by atoms with Crippen molar-refractivity contribution < 1.29 is 28.6 Å². The van der Waals surface area contributed by atoms with E-state index in [1.54, 1.807) is 13.0 Å². The molecule has 41 heavy (non-hydrogen) atoms. The Morgan fingerprint density at radius 2 is 2.02 bits per heavy atom. The quantitative estimate of drug-likeness (QED) is 0.294. The summed E-state index contributed by atoms with van der Waals surface area (Å²) >= 11 is 0. The molecule has 6 rings (SSSR count). The summed E-state index contributed by atoms with van der Waals surface area (Å²) < 4.78 is 19.5. The highest BCUT2D eigenvalue weighted by molar-refractivity contribution is 5.88. The molecule has 4 saturated heterocycles. The summed E-state index contributed by atoms with van der Waals surface area (Å²) in [5, 5.41) is 3.42. The number of amides is 1. The topological polar surface area (TPSA) is 120 Å². The molecule has 0 aromatic heterocycles. The van der Waals surface area contributed by atoms with Gasteiger partial charge in [-0.25, -0.2) is 4.79 Å². The number of nitrogens with one attached hydrogen (secondary N) is 1. The summed E-state index contributed by atoms with van der Waals surface area (Å²) in [5.74, 6) is 0.525. The van der Waals surface area contributed by atoms with Gasteiger partial charge in [-0.2, -0.15) is 0 Å². The lowest BCUT2D eigenvalue weighted by molar-refractivity contribution is -0.227. The van der Waals surface area contributed by atoms with Crippen LogP contribution in [0.4, 0.5) is 0 Å². The third-order valence-corrected chi connectivity index (χ3v) is 11.3. The normalized spacial score (nSPS) is 44.0. The van der Waals surface area contributed by atoms with E-state index in [1.807, 2.05) is 18.7 Å². The standard InChI is InChI=1S/C32H47N3O6/c1-4-19(2)30(38)41-31(3)10-5-7-24(23-15-27(33)34-18-22(23)14-28(36)35-11-6-12-35)32(31)17-21-13-20-8-9-29(37)39-25(20)16-26(21)40-32/h4-5,7,20-27,34H,6,8-18,33H2,1-3H3/t20?,21?,22?,23?,24-,25?,26?,27?,31+,32+/m1/s1. The minimum absolute atomic E-state index is 0.0718. The molecule has 0 aromatic carbocycles. The van der Waals surface area contributed by atoms with Crippen LogP contribution in [-0.2, 0) is 28.6 Å². The fourth-order valence-electron chi connectivity index (χ4n) is 8.65. The van der Waals surface area contributed by atoms with Crippen LogP contribution in [0, 0.1) is 29.6 Å². The van der Waals surface area contributed by atoms with E-state index < -0.39 is 11.2 Å². The van der Waals surface area contributed by atoms with Crippen LogP contribution >= 0.6 is 0 Å². The monoisotopic (exact) mass is 569 g/mol. The lowest BCUT2D eigenvalue weighted by Gasteiger charge is -2.55. The summed E-state index contributed by atoms with van der Waals surface area (Å²) in [6, 6.07) is 0. The van der Waals surface area contributed by atoms with Crippen LogP contribution in [-0.4, -0.2) is 72.0 Å². The van der Waals surface area contributed by atoms with E-state index in [2.05, 4.69) is 17.5 Å². The van der Waals surface area contributed by atoms with Gasteiger partial charge in [0.15, 0.2) is 0 Å². The molecule has 7 unspecified atom stereocenters. The van der Waals surface area contributed by atoms with Gasteiger partial charge >= 0.3 is 11.9 Å². The number of nitrogens with two attached hydrogens (primary N) is 1. The molecule has 1 amide bonds. The van der Waals surface area contributed by atoms with Crippen molar-refractivity contribution in [2.45, 2.75) is 108 Å². The van der Waals surface area contributed by atoms with Crippen LogP contribution < -0.4 is 11.1 Å². The molecule has 4 heterocycles. The van der Waals surface area contributed by atoms with E-state index in [-0.39, 0.29) is 54.0 Å². The van der Waals surface area contributed by atoms with Crippen LogP contribution in [0.3, 0.4) is 0 Å². The lowest BCUT2D eigenvalue weighted by Crippen LogP contribution is -2.64. The number of carbonyl (C=O) groups excluding carboxylic acids is 3. The van der Waals surface area contributed by atoms with E-state index in [9.17, 15) is 14.4 Å². The number of piperidine rings is 1. The molecule has 10 atom stereocenters. The number of esters is 2. The van der Waals surface area contributed by atoms with Gasteiger partial charge in [0.1, 0.15) is 17.3 Å². The Morgan fingerprint density at radius 1 is 1.22 bits per heavy atom. The van der Waals surface area contributed by atoms with E-state index >= 15 is 0 Å². The first-order chi connectivity index (χ1) is 19.6. The van der Waals surface area contributed by atoms with Crippen molar-refractivity contribution in [2.24, 2.45) is 35.3 Å². The number of hydrogen-bond donors (Lipinski definition) is 2. The molecule has 0 bridgehead atoms. The van der Waals surface area contributed by atoms with Gasteiger partial charge in [0.25, 0.3) is 0 Å². The summed E-state index contributed by atoms with van der Waals surface area (Å²) in [4.78, 5) is 40.5. The number of allylic oxidation sites excluding steroid dienone is 1. The average Bonchev–Trinajstić information content (AvgIpc) is 3.28. The van der Waals surface area contributed by atoms with Crippen molar-refractivity contribution in [1.29, 1.82) is 0 Å². The van der Waals surface area contributed by atoms with Crippen LogP contribution in [0.15, 0.2) is 23.8 Å². The molecule has 9 nitrogen and oxygen atoms in total. The number of carbonyl (C=O) groups is 3. The van der Waals surface area contributed by atoms with Crippen molar-refractivity contribution >= 4 is 17.8 Å². The Hall–Kier alpha value is -2.23. The Labute approximate surface area is 243 Å². The molecule has 1 saturated carbocycles. The number of rotatable bonds is 5. The summed E-state index contributed by atoms with van der Waals surface area (Å²) in [6.45, 7) is 8.02. The third kappa shape index (κ3) is 5.16. The zero-order chi connectivity index (χ0) is 28.9. The molecule has 2 aliphatic carbocycles. The summed E-state index contributed by atoms with van der Waals surface area (Å²) in [5.41, 5.74) is 5.42. The first kappa shape index (κ1) is 28.9. The molecular formula is C32H47N3O6. The first-order valence-electron chi connectivity index (χ1n) is 15.8. The Bertz CT molecular complexity index is 1120. The zero-order valence-corrected chi connectivity index (χ0v) is 24.8. The largest absolute Gasteiger partial charge is 0.462 e. The van der Waals surface area contributed by atoms with Gasteiger partial charge in [-0.1, -0.05) is 18.2 Å². The van der Waals surface area contributed by atoms with Gasteiger partial charge in [-0.3, -0.25) is 9.59 Å². The van der Waals surface area contributed by atoms with Crippen molar-refractivity contribution in [3.05, 3.63) is 23.8 Å². The number of nitrogens with zero attached hydrogens (tertiary/aromatic N) is 1. The van der Waals surface area contributed by atoms with Crippen LogP contribution in [0.5, 0.6) is 0 Å². The maximum absolute atomic E-state index is 13.3. The van der Waals surface area contributed by atoms with Gasteiger partial charge < -0.3 is 30.2 Å². The van der Waals surface area contributed by atoms with E-state index in [0.29, 0.717) is 56.1 Å². The van der Waals surface area contributed by atoms with Crippen LogP contribution in [0.2, 0.25) is 0 Å². The number of ether oxygens (including phenoxy) is 3. The van der Waals surface area contributed by atoms with Crippen molar-refractivity contribution in [3.63, 3.8) is 0 Å². The van der Waals surface area contributed by atoms with Crippen LogP contribution in [0.25, 0.3) is 0 Å². The summed E-state index contributed by atoms with van der Waals surface area (Å²) in [7, 11) is 0. The van der Waals surface area contributed by atoms with Crippen molar-refractivity contribution in [2.75, 3.05) is 19.6 Å². The molecule has 0 aromatic rings. The maximum Gasteiger partial charge on any atom is 0.334 e. The van der Waals surface area contributed by atoms with Crippen molar-refractivity contribution in [1.82, 2.24) is 10.2 Å². The van der Waals surface area contributed by atoms with E-state index in [4.69, 9.17) is 19.9 Å². The van der Waals surface area contributed by atoms with Crippen LogP contribution in [0.1, 0.15) is 78.6 Å². The average molecular weight is 570 g/mol. The highest BCUT2D eigenvalue weighted by atomic mass is 16.6. The maximum atomic E-state index is 13.3. The predicted octanol–water partition coefficient (Wildman–Crippen LogP) is 3.22. The molecule has 5 fully saturated rings. The second-order valence-electron chi connectivity index (χ2n) is 13.7. The van der Waals surface area contributed by atoms with Gasteiger partial charge in [0.05, 0.1) is 12.3 Å². The van der Waals surface area contributed by atoms with Gasteiger partial charge in [-0.05, 0) is 76.5 Å². The zero-order valence-electron chi connectivity index (χ0n) is 24.8. The second kappa shape index (κ2) is 11.1. The molecule has 4 aliphatic heterocycles. The fourth-order valence-corrected chi connectivity index (χ4v) is 8.65. The third-order valence-electron chi connectivity index (χ3n) is 11.3. The molecule has 3 N–H and O–H groups in total. The minimum atomic E-state index is -0.895. The van der Waals surface area contributed by atoms with E-state index in [1.165, 1.54) is 0 Å². The number of hydrogen-bond acceptors (Lipinski definition) is 8. The molecule has 226 valence electrons. The molecular weight excluding hydrogens is 522 g/mol. The minimum Gasteiger partial charge on any atom is -0.462 e. The highest BCUT2D eigenvalue weighted by Gasteiger charge is 2.66.